The lowest BCUT2D eigenvalue weighted by Gasteiger charge is -2.19. The standard InChI is InChI=1S/C31H37F2N9/c1-29(2,3)21-14-15-24-39(18-21)27(26(32)33)35-41(24)20-31(6,7)28-36-42(23-13-9-10-16-38(23)28)19-30(4,5)25-22-12-8-11-17-40(22)37-34-25/h8-18,26H,19-20H2,1-7H3/q+2. The first kappa shape index (κ1) is 27.9. The lowest BCUT2D eigenvalue weighted by molar-refractivity contribution is -0.531. The summed E-state index contributed by atoms with van der Waals surface area (Å²) in [4.78, 5) is 0. The van der Waals surface area contributed by atoms with Crippen molar-refractivity contribution in [2.75, 3.05) is 0 Å². The van der Waals surface area contributed by atoms with E-state index in [1.165, 1.54) is 4.40 Å². The van der Waals surface area contributed by atoms with Crippen molar-refractivity contribution in [2.24, 2.45) is 0 Å². The number of halogens is 2. The number of rotatable bonds is 7. The molecule has 0 saturated heterocycles. The summed E-state index contributed by atoms with van der Waals surface area (Å²) in [6, 6.07) is 15.8. The zero-order valence-corrected chi connectivity index (χ0v) is 25.1. The van der Waals surface area contributed by atoms with Gasteiger partial charge in [-0.2, -0.15) is 13.2 Å². The van der Waals surface area contributed by atoms with E-state index < -0.39 is 11.8 Å². The van der Waals surface area contributed by atoms with Crippen LogP contribution in [0.4, 0.5) is 8.78 Å². The van der Waals surface area contributed by atoms with E-state index in [4.69, 9.17) is 5.10 Å². The Bertz CT molecular complexity index is 1920. The summed E-state index contributed by atoms with van der Waals surface area (Å²) in [5.41, 5.74) is 3.21. The fraction of sp³-hybridized carbons (Fsp3) is 0.419. The fourth-order valence-electron chi connectivity index (χ4n) is 5.65. The van der Waals surface area contributed by atoms with Crippen LogP contribution >= 0.6 is 0 Å². The summed E-state index contributed by atoms with van der Waals surface area (Å²) < 4.78 is 37.4. The zero-order chi connectivity index (χ0) is 30.0. The molecule has 0 N–H and O–H groups in total. The Labute approximate surface area is 243 Å². The molecule has 6 heterocycles. The molecule has 0 atom stereocenters. The third kappa shape index (κ3) is 4.70. The maximum absolute atomic E-state index is 14.2. The van der Waals surface area contributed by atoms with Gasteiger partial charge in [-0.05, 0) is 49.1 Å². The van der Waals surface area contributed by atoms with Crippen molar-refractivity contribution >= 4 is 16.8 Å². The third-order valence-electron chi connectivity index (χ3n) is 7.93. The van der Waals surface area contributed by atoms with E-state index >= 15 is 0 Å². The second-order valence-corrected chi connectivity index (χ2v) is 13.4. The highest BCUT2D eigenvalue weighted by Crippen LogP contribution is 2.29. The van der Waals surface area contributed by atoms with Crippen LogP contribution in [0.1, 0.15) is 77.8 Å². The van der Waals surface area contributed by atoms with Gasteiger partial charge in [0.25, 0.3) is 17.1 Å². The Kier molecular flexibility index (Phi) is 6.40. The molecule has 218 valence electrons. The summed E-state index contributed by atoms with van der Waals surface area (Å²) >= 11 is 0. The van der Waals surface area contributed by atoms with Crippen LogP contribution in [0, 0.1) is 0 Å². The van der Waals surface area contributed by atoms with Crippen LogP contribution in [-0.2, 0) is 29.3 Å². The molecule has 0 amide bonds. The van der Waals surface area contributed by atoms with Gasteiger partial charge in [-0.1, -0.05) is 52.0 Å². The fourth-order valence-corrected chi connectivity index (χ4v) is 5.65. The van der Waals surface area contributed by atoms with Crippen molar-refractivity contribution in [3.63, 3.8) is 0 Å². The van der Waals surface area contributed by atoms with Crippen molar-refractivity contribution in [1.82, 2.24) is 34.4 Å². The zero-order valence-electron chi connectivity index (χ0n) is 25.1. The van der Waals surface area contributed by atoms with Crippen LogP contribution in [0.2, 0.25) is 0 Å². The monoisotopic (exact) mass is 573 g/mol. The maximum atomic E-state index is 14.2. The van der Waals surface area contributed by atoms with E-state index in [-0.39, 0.29) is 16.7 Å². The minimum Gasteiger partial charge on any atom is -0.220 e. The van der Waals surface area contributed by atoms with Gasteiger partial charge in [0.2, 0.25) is 0 Å². The van der Waals surface area contributed by atoms with E-state index in [0.29, 0.717) is 18.7 Å². The minimum atomic E-state index is -2.71. The number of fused-ring (bicyclic) bond motifs is 3. The lowest BCUT2D eigenvalue weighted by Crippen LogP contribution is -2.37. The average Bonchev–Trinajstić information content (AvgIpc) is 3.62. The Morgan fingerprint density at radius 2 is 1.48 bits per heavy atom. The summed E-state index contributed by atoms with van der Waals surface area (Å²) in [6.45, 7) is 15.5. The molecule has 9 nitrogen and oxygen atoms in total. The van der Waals surface area contributed by atoms with Gasteiger partial charge < -0.3 is 0 Å². The Morgan fingerprint density at radius 3 is 2.21 bits per heavy atom. The molecule has 0 bridgehead atoms. The topological polar surface area (TPSA) is 74.0 Å². The maximum Gasteiger partial charge on any atom is 0.349 e. The van der Waals surface area contributed by atoms with E-state index in [2.05, 4.69) is 68.3 Å². The first-order valence-corrected chi connectivity index (χ1v) is 14.2. The van der Waals surface area contributed by atoms with Gasteiger partial charge in [0.1, 0.15) is 13.1 Å². The molecule has 0 radical (unpaired) electrons. The molecule has 0 aliphatic carbocycles. The minimum absolute atomic E-state index is 0.183. The largest absolute Gasteiger partial charge is 0.349 e. The molecule has 42 heavy (non-hydrogen) atoms. The first-order chi connectivity index (χ1) is 19.8. The van der Waals surface area contributed by atoms with Gasteiger partial charge >= 0.3 is 12.2 Å². The van der Waals surface area contributed by atoms with Gasteiger partial charge in [0.05, 0.1) is 29.0 Å². The molecule has 6 aromatic rings. The molecule has 0 fully saturated rings. The van der Waals surface area contributed by atoms with Crippen LogP contribution in [-0.4, -0.2) is 34.4 Å². The van der Waals surface area contributed by atoms with Crippen molar-refractivity contribution in [1.29, 1.82) is 0 Å². The van der Waals surface area contributed by atoms with E-state index in [1.54, 1.807) is 15.4 Å². The van der Waals surface area contributed by atoms with Crippen LogP contribution in [0.25, 0.3) is 16.8 Å². The molecule has 6 rings (SSSR count). The van der Waals surface area contributed by atoms with Crippen LogP contribution < -0.4 is 8.80 Å². The quantitative estimate of drug-likeness (QED) is 0.258. The molecule has 11 heteroatoms. The predicted octanol–water partition coefficient (Wildman–Crippen LogP) is 4.79. The molecule has 6 aromatic heterocycles. The van der Waals surface area contributed by atoms with Crippen molar-refractivity contribution < 1.29 is 17.6 Å². The predicted molar refractivity (Wildman–Crippen MR) is 153 cm³/mol. The van der Waals surface area contributed by atoms with E-state index in [9.17, 15) is 8.78 Å². The van der Waals surface area contributed by atoms with Crippen LogP contribution in [0.15, 0.2) is 67.1 Å². The van der Waals surface area contributed by atoms with Gasteiger partial charge in [-0.15, -0.1) is 14.5 Å². The Balaban J connectivity index is 1.40. The summed E-state index contributed by atoms with van der Waals surface area (Å²) in [7, 11) is 0. The Hall–Kier alpha value is -4.28. The van der Waals surface area contributed by atoms with Gasteiger partial charge in [0.15, 0.2) is 0 Å². The normalized spacial score (nSPS) is 13.3. The number of pyridine rings is 3. The highest BCUT2D eigenvalue weighted by Gasteiger charge is 2.41. The second-order valence-electron chi connectivity index (χ2n) is 13.4. The molecule has 0 spiro atoms. The van der Waals surface area contributed by atoms with E-state index in [1.807, 2.05) is 65.6 Å². The van der Waals surface area contributed by atoms with Crippen molar-refractivity contribution in [3.05, 3.63) is 90.0 Å². The highest BCUT2D eigenvalue weighted by atomic mass is 19.3. The Morgan fingerprint density at radius 1 is 0.786 bits per heavy atom. The van der Waals surface area contributed by atoms with Crippen molar-refractivity contribution in [2.45, 2.75) is 84.2 Å². The van der Waals surface area contributed by atoms with Crippen LogP contribution in [0.3, 0.4) is 0 Å². The molecule has 0 aliphatic heterocycles. The molecular weight excluding hydrogens is 536 g/mol. The second kappa shape index (κ2) is 9.64. The summed E-state index contributed by atoms with van der Waals surface area (Å²) in [6.07, 6.45) is 2.96. The first-order valence-electron chi connectivity index (χ1n) is 14.2. The average molecular weight is 574 g/mol. The van der Waals surface area contributed by atoms with Crippen molar-refractivity contribution in [3.8, 4) is 0 Å². The van der Waals surface area contributed by atoms with Gasteiger partial charge in [-0.25, -0.2) is 8.92 Å². The number of aromatic nitrogens is 9. The summed E-state index contributed by atoms with van der Waals surface area (Å²) in [5.74, 6) is 0.540. The molecule has 0 saturated carbocycles. The number of alkyl halides is 2. The lowest BCUT2D eigenvalue weighted by atomic mass is 9.88. The summed E-state index contributed by atoms with van der Waals surface area (Å²) in [5, 5.41) is 18.3. The third-order valence-corrected chi connectivity index (χ3v) is 7.93. The molecule has 0 aromatic carbocycles. The SMILES string of the molecule is CC(C)(C)c1ccc2n(CC(C)(C)c3nn(CC(C)(C)c4nnn5ccccc45)c4cccc[n+]34)nc(C(F)F)[n+]2c1. The van der Waals surface area contributed by atoms with Crippen LogP contribution in [0.5, 0.6) is 0 Å². The van der Waals surface area contributed by atoms with Gasteiger partial charge in [-0.3, -0.25) is 0 Å². The number of hydrogen-bond donors (Lipinski definition) is 0. The van der Waals surface area contributed by atoms with Gasteiger partial charge in [0, 0.05) is 33.9 Å². The van der Waals surface area contributed by atoms with E-state index in [0.717, 1.165) is 28.2 Å². The number of nitrogens with zero attached hydrogens (tertiary/aromatic N) is 9. The molecular formula is C31H37F2N9+2. The molecule has 0 aliphatic rings. The highest BCUT2D eigenvalue weighted by molar-refractivity contribution is 5.53. The smallest absolute Gasteiger partial charge is 0.220 e. The molecule has 0 unspecified atom stereocenters. The number of hydrogen-bond acceptors (Lipinski definition) is 4.